The number of carboxylic acid groups (broad SMARTS) is 1. The normalized spacial score (nSPS) is 14.0. The van der Waals surface area contributed by atoms with Gasteiger partial charge in [-0.15, -0.1) is 0 Å². The molecule has 0 saturated carbocycles. The van der Waals surface area contributed by atoms with E-state index in [0.29, 0.717) is 5.56 Å². The highest BCUT2D eigenvalue weighted by molar-refractivity contribution is 5.94. The summed E-state index contributed by atoms with van der Waals surface area (Å²) in [6.07, 6.45) is 0.299. The minimum atomic E-state index is -1.46. The fourth-order valence-electron chi connectivity index (χ4n) is 2.92. The van der Waals surface area contributed by atoms with Crippen molar-refractivity contribution in [3.63, 3.8) is 0 Å². The Labute approximate surface area is 201 Å². The SMILES string of the molecule is NC(N)=NCCCC(NC(=O)C(Cc1ccccc1)NC(=O)C(CO)NC(=O)C(N)CO)C(=O)O. The first-order valence-corrected chi connectivity index (χ1v) is 10.8. The number of hydrogen-bond acceptors (Lipinski definition) is 8. The van der Waals surface area contributed by atoms with Crippen LogP contribution in [0.5, 0.6) is 0 Å². The zero-order valence-corrected chi connectivity index (χ0v) is 19.1. The van der Waals surface area contributed by atoms with Crippen LogP contribution in [0.3, 0.4) is 0 Å². The third kappa shape index (κ3) is 10.8. The first-order valence-electron chi connectivity index (χ1n) is 10.8. The maximum atomic E-state index is 13.0. The second-order valence-electron chi connectivity index (χ2n) is 7.63. The number of aliphatic imine (C=N–C) groups is 1. The number of hydrogen-bond donors (Lipinski definition) is 9. The minimum Gasteiger partial charge on any atom is -0.480 e. The monoisotopic (exact) mass is 495 g/mol. The molecule has 0 fully saturated rings. The Morgan fingerprint density at radius 3 is 1.97 bits per heavy atom. The van der Waals surface area contributed by atoms with Gasteiger partial charge in [0.15, 0.2) is 5.96 Å². The molecule has 14 nitrogen and oxygen atoms in total. The molecule has 194 valence electrons. The Kier molecular flexibility index (Phi) is 12.7. The van der Waals surface area contributed by atoms with E-state index in [-0.39, 0.29) is 31.8 Å². The Bertz CT molecular complexity index is 878. The smallest absolute Gasteiger partial charge is 0.326 e. The third-order valence-corrected chi connectivity index (χ3v) is 4.82. The minimum absolute atomic E-state index is 0.000994. The van der Waals surface area contributed by atoms with Crippen molar-refractivity contribution in [1.29, 1.82) is 0 Å². The molecule has 1 aromatic carbocycles. The lowest BCUT2D eigenvalue weighted by molar-refractivity contribution is -0.142. The molecule has 1 rings (SSSR count). The fraction of sp³-hybridized carbons (Fsp3) is 0.476. The predicted molar refractivity (Wildman–Crippen MR) is 126 cm³/mol. The molecule has 0 aliphatic heterocycles. The summed E-state index contributed by atoms with van der Waals surface area (Å²) in [6.45, 7) is -1.32. The molecule has 12 N–H and O–H groups in total. The van der Waals surface area contributed by atoms with Crippen molar-refractivity contribution in [2.75, 3.05) is 19.8 Å². The average molecular weight is 496 g/mol. The fourth-order valence-corrected chi connectivity index (χ4v) is 2.92. The lowest BCUT2D eigenvalue weighted by Crippen LogP contribution is -2.58. The van der Waals surface area contributed by atoms with Gasteiger partial charge < -0.3 is 48.5 Å². The molecule has 35 heavy (non-hydrogen) atoms. The van der Waals surface area contributed by atoms with Crippen LogP contribution in [0.1, 0.15) is 18.4 Å². The first-order chi connectivity index (χ1) is 16.6. The molecular formula is C21H33N7O7. The standard InChI is InChI=1S/C21H33N7O7/c22-13(10-29)17(31)28-16(11-30)19(33)27-15(9-12-5-2-1-3-6-12)18(32)26-14(20(34)35)7-4-8-25-21(23)24/h1-3,5-6,13-16,29-30H,4,7-11,22H2,(H,26,32)(H,27,33)(H,28,31)(H,34,35)(H4,23,24,25). The van der Waals surface area contributed by atoms with Crippen LogP contribution >= 0.6 is 0 Å². The van der Waals surface area contributed by atoms with Crippen molar-refractivity contribution in [2.45, 2.75) is 43.4 Å². The van der Waals surface area contributed by atoms with E-state index in [1.54, 1.807) is 30.3 Å². The quantitative estimate of drug-likeness (QED) is 0.0649. The molecule has 1 aromatic rings. The summed E-state index contributed by atoms with van der Waals surface area (Å²) in [5.41, 5.74) is 16.5. The van der Waals surface area contributed by atoms with Gasteiger partial charge in [0.25, 0.3) is 0 Å². The van der Waals surface area contributed by atoms with Gasteiger partial charge in [-0.25, -0.2) is 4.79 Å². The van der Waals surface area contributed by atoms with Crippen LogP contribution in [0.2, 0.25) is 0 Å². The van der Waals surface area contributed by atoms with Crippen molar-refractivity contribution in [3.05, 3.63) is 35.9 Å². The maximum Gasteiger partial charge on any atom is 0.326 e. The lowest BCUT2D eigenvalue weighted by Gasteiger charge is -2.24. The molecule has 14 heteroatoms. The van der Waals surface area contributed by atoms with Crippen LogP contribution in [0.25, 0.3) is 0 Å². The molecule has 0 aliphatic rings. The Hall–Kier alpha value is -3.75. The van der Waals surface area contributed by atoms with E-state index in [4.69, 9.17) is 22.3 Å². The molecule has 0 spiro atoms. The number of guanidine groups is 1. The topological polar surface area (TPSA) is 255 Å². The first kappa shape index (κ1) is 29.3. The third-order valence-electron chi connectivity index (χ3n) is 4.82. The number of aliphatic hydroxyl groups is 2. The molecule has 0 heterocycles. The van der Waals surface area contributed by atoms with Gasteiger partial charge in [0, 0.05) is 13.0 Å². The number of amides is 3. The zero-order valence-electron chi connectivity index (χ0n) is 19.1. The van der Waals surface area contributed by atoms with Gasteiger partial charge in [-0.05, 0) is 18.4 Å². The van der Waals surface area contributed by atoms with Crippen molar-refractivity contribution >= 4 is 29.7 Å². The largest absolute Gasteiger partial charge is 0.480 e. The highest BCUT2D eigenvalue weighted by Crippen LogP contribution is 2.06. The number of aliphatic hydroxyl groups excluding tert-OH is 2. The molecule has 0 aliphatic carbocycles. The van der Waals surface area contributed by atoms with Crippen molar-refractivity contribution in [2.24, 2.45) is 22.2 Å². The van der Waals surface area contributed by atoms with E-state index >= 15 is 0 Å². The number of carbonyl (C=O) groups excluding carboxylic acids is 3. The number of nitrogens with one attached hydrogen (secondary N) is 3. The summed E-state index contributed by atoms with van der Waals surface area (Å²) >= 11 is 0. The van der Waals surface area contributed by atoms with Crippen molar-refractivity contribution in [1.82, 2.24) is 16.0 Å². The number of carbonyl (C=O) groups is 4. The number of aliphatic carboxylic acids is 1. The van der Waals surface area contributed by atoms with Gasteiger partial charge in [-0.2, -0.15) is 0 Å². The Balaban J connectivity index is 2.98. The van der Waals surface area contributed by atoms with E-state index in [1.165, 1.54) is 0 Å². The molecule has 0 radical (unpaired) electrons. The van der Waals surface area contributed by atoms with Gasteiger partial charge in [-0.1, -0.05) is 30.3 Å². The van der Waals surface area contributed by atoms with E-state index in [9.17, 15) is 29.4 Å². The summed E-state index contributed by atoms with van der Waals surface area (Å²) < 4.78 is 0. The highest BCUT2D eigenvalue weighted by Gasteiger charge is 2.30. The Morgan fingerprint density at radius 1 is 0.857 bits per heavy atom. The van der Waals surface area contributed by atoms with Crippen LogP contribution < -0.4 is 33.2 Å². The van der Waals surface area contributed by atoms with Gasteiger partial charge >= 0.3 is 5.97 Å². The van der Waals surface area contributed by atoms with Gasteiger partial charge in [0.1, 0.15) is 24.2 Å². The molecule has 3 amide bonds. The van der Waals surface area contributed by atoms with E-state index < -0.39 is 61.1 Å². The van der Waals surface area contributed by atoms with Crippen LogP contribution in [-0.2, 0) is 25.6 Å². The van der Waals surface area contributed by atoms with Crippen LogP contribution in [0.4, 0.5) is 0 Å². The summed E-state index contributed by atoms with van der Waals surface area (Å²) in [6, 6.07) is 3.35. The molecule has 0 saturated heterocycles. The molecule has 0 bridgehead atoms. The summed E-state index contributed by atoms with van der Waals surface area (Å²) in [5.74, 6) is -3.99. The summed E-state index contributed by atoms with van der Waals surface area (Å²) in [5, 5.41) is 35.0. The Morgan fingerprint density at radius 2 is 1.43 bits per heavy atom. The number of nitrogens with two attached hydrogens (primary N) is 3. The maximum absolute atomic E-state index is 13.0. The number of nitrogens with zero attached hydrogens (tertiary/aromatic N) is 1. The van der Waals surface area contributed by atoms with Crippen LogP contribution in [0, 0.1) is 0 Å². The summed E-state index contributed by atoms with van der Waals surface area (Å²) in [4.78, 5) is 53.0. The number of carboxylic acids is 1. The highest BCUT2D eigenvalue weighted by atomic mass is 16.4. The summed E-state index contributed by atoms with van der Waals surface area (Å²) in [7, 11) is 0. The van der Waals surface area contributed by atoms with Gasteiger partial charge in [0.05, 0.1) is 13.2 Å². The van der Waals surface area contributed by atoms with E-state index in [2.05, 4.69) is 20.9 Å². The second kappa shape index (κ2) is 15.2. The van der Waals surface area contributed by atoms with Crippen molar-refractivity contribution < 1.29 is 34.5 Å². The predicted octanol–water partition coefficient (Wildman–Crippen LogP) is -3.87. The van der Waals surface area contributed by atoms with Crippen LogP contribution in [-0.4, -0.2) is 88.9 Å². The van der Waals surface area contributed by atoms with Gasteiger partial charge in [-0.3, -0.25) is 19.4 Å². The van der Waals surface area contributed by atoms with Crippen molar-refractivity contribution in [3.8, 4) is 0 Å². The zero-order chi connectivity index (χ0) is 26.4. The molecule has 4 atom stereocenters. The second-order valence-corrected chi connectivity index (χ2v) is 7.63. The van der Waals surface area contributed by atoms with Gasteiger partial charge in [0.2, 0.25) is 17.7 Å². The number of rotatable bonds is 15. The molecular weight excluding hydrogens is 462 g/mol. The average Bonchev–Trinajstić information content (AvgIpc) is 2.83. The lowest BCUT2D eigenvalue weighted by atomic mass is 10.0. The van der Waals surface area contributed by atoms with E-state index in [0.717, 1.165) is 0 Å². The number of benzene rings is 1. The van der Waals surface area contributed by atoms with E-state index in [1.807, 2.05) is 0 Å². The molecule has 4 unspecified atom stereocenters. The van der Waals surface area contributed by atoms with Crippen LogP contribution in [0.15, 0.2) is 35.3 Å². The molecule has 0 aromatic heterocycles.